The first kappa shape index (κ1) is 39.5. The van der Waals surface area contributed by atoms with Gasteiger partial charge in [0.15, 0.2) is 25.1 Å². The van der Waals surface area contributed by atoms with Gasteiger partial charge in [0.25, 0.3) is 0 Å². The van der Waals surface area contributed by atoms with E-state index in [-0.39, 0.29) is 6.61 Å². The van der Waals surface area contributed by atoms with Gasteiger partial charge in [-0.1, -0.05) is 0 Å². The van der Waals surface area contributed by atoms with Gasteiger partial charge in [-0.25, -0.2) is 0 Å². The van der Waals surface area contributed by atoms with Crippen LogP contribution in [0.5, 0.6) is 0 Å². The molecule has 4 saturated heterocycles. The average molecular weight is 707 g/mol. The zero-order valence-electron chi connectivity index (χ0n) is 25.9. The number of aliphatic hydroxyl groups excluding tert-OH is 11. The summed E-state index contributed by atoms with van der Waals surface area (Å²) in [6.07, 6.45) is -29.7. The van der Waals surface area contributed by atoms with Crippen molar-refractivity contribution in [3.8, 4) is 0 Å². The van der Waals surface area contributed by atoms with Crippen molar-refractivity contribution < 1.29 is 99.0 Å². The molecular formula is C26H46N2O20. The van der Waals surface area contributed by atoms with Gasteiger partial charge in [0.1, 0.15) is 91.5 Å². The molecule has 22 nitrogen and oxygen atoms in total. The molecule has 19 unspecified atom stereocenters. The molecule has 48 heavy (non-hydrogen) atoms. The molecule has 4 heterocycles. The van der Waals surface area contributed by atoms with Crippen LogP contribution >= 0.6 is 0 Å². The Labute approximate surface area is 273 Å². The zero-order chi connectivity index (χ0) is 35.4. The van der Waals surface area contributed by atoms with Crippen LogP contribution < -0.4 is 10.8 Å². The number of aliphatic hydroxyl groups is 11. The average Bonchev–Trinajstić information content (AvgIpc) is 3.06. The Morgan fingerprint density at radius 2 is 1.17 bits per heavy atom. The standard InChI is InChI=1S/C26H46N2O20/c1-7(32)27-12-15(35)20(45-25-17(37)16(36)13(33)8(3-29)42-25)9(4-30)43-24(12)47-22-14(34)11(6-41-2)44-26(19(22)39)46-21-10(5-31)48-28-23(40)18(21)38/h8-26,28-31,33-40H,3-6H2,1-2H3,(H,27,32). The van der Waals surface area contributed by atoms with Crippen LogP contribution in [-0.4, -0.2) is 212 Å². The van der Waals surface area contributed by atoms with Crippen LogP contribution in [0.2, 0.25) is 0 Å². The van der Waals surface area contributed by atoms with Gasteiger partial charge in [0.05, 0.1) is 26.4 Å². The van der Waals surface area contributed by atoms with E-state index in [1.54, 1.807) is 0 Å². The fourth-order valence-electron chi connectivity index (χ4n) is 5.86. The van der Waals surface area contributed by atoms with Crippen LogP contribution in [-0.2, 0) is 42.8 Å². The van der Waals surface area contributed by atoms with Crippen molar-refractivity contribution >= 4 is 5.91 Å². The van der Waals surface area contributed by atoms with Gasteiger partial charge in [-0.15, -0.1) is 0 Å². The maximum absolute atomic E-state index is 12.2. The minimum absolute atomic E-state index is 0.289. The Morgan fingerprint density at radius 3 is 1.75 bits per heavy atom. The molecule has 0 saturated carbocycles. The molecule has 0 radical (unpaired) electrons. The molecule has 4 rings (SSSR count). The second-order valence-corrected chi connectivity index (χ2v) is 11.8. The fourth-order valence-corrected chi connectivity index (χ4v) is 5.86. The smallest absolute Gasteiger partial charge is 0.217 e. The van der Waals surface area contributed by atoms with Crippen LogP contribution in [0.1, 0.15) is 6.92 Å². The Hall–Kier alpha value is -1.33. The van der Waals surface area contributed by atoms with E-state index >= 15 is 0 Å². The summed E-state index contributed by atoms with van der Waals surface area (Å²) in [7, 11) is 1.28. The summed E-state index contributed by atoms with van der Waals surface area (Å²) < 4.78 is 39.2. The number of amides is 1. The Bertz CT molecular complexity index is 1010. The zero-order valence-corrected chi connectivity index (χ0v) is 25.9. The highest BCUT2D eigenvalue weighted by atomic mass is 16.8. The normalized spacial score (nSPS) is 48.6. The van der Waals surface area contributed by atoms with Gasteiger partial charge in [-0.3, -0.25) is 9.63 Å². The van der Waals surface area contributed by atoms with Crippen molar-refractivity contribution in [2.75, 3.05) is 33.5 Å². The molecule has 4 aliphatic heterocycles. The lowest BCUT2D eigenvalue weighted by molar-refractivity contribution is -0.377. The topological polar surface area (TPSA) is 337 Å². The first-order chi connectivity index (χ1) is 22.8. The van der Waals surface area contributed by atoms with Crippen molar-refractivity contribution in [1.29, 1.82) is 0 Å². The van der Waals surface area contributed by atoms with E-state index in [0.29, 0.717) is 0 Å². The van der Waals surface area contributed by atoms with Crippen LogP contribution in [0.3, 0.4) is 0 Å². The van der Waals surface area contributed by atoms with Crippen LogP contribution in [0.25, 0.3) is 0 Å². The monoisotopic (exact) mass is 706 g/mol. The lowest BCUT2D eigenvalue weighted by atomic mass is 9.94. The second kappa shape index (κ2) is 17.3. The van der Waals surface area contributed by atoms with E-state index in [1.165, 1.54) is 7.11 Å². The van der Waals surface area contributed by atoms with E-state index in [9.17, 15) is 61.0 Å². The van der Waals surface area contributed by atoms with Gasteiger partial charge in [-0.05, 0) is 0 Å². The molecule has 4 fully saturated rings. The number of methoxy groups -OCH3 is 1. The lowest BCUT2D eigenvalue weighted by Crippen LogP contribution is -2.70. The number of carbonyl (C=O) groups excluding carboxylic acids is 1. The van der Waals surface area contributed by atoms with Crippen molar-refractivity contribution in [2.24, 2.45) is 0 Å². The van der Waals surface area contributed by atoms with Crippen LogP contribution in [0.15, 0.2) is 0 Å². The third-order valence-corrected chi connectivity index (χ3v) is 8.46. The first-order valence-electron chi connectivity index (χ1n) is 15.1. The molecule has 13 N–H and O–H groups in total. The molecule has 0 spiro atoms. The van der Waals surface area contributed by atoms with E-state index in [0.717, 1.165) is 6.92 Å². The predicted molar refractivity (Wildman–Crippen MR) is 147 cm³/mol. The fraction of sp³-hybridized carbons (Fsp3) is 0.962. The van der Waals surface area contributed by atoms with Gasteiger partial charge in [-0.2, -0.15) is 5.48 Å². The van der Waals surface area contributed by atoms with Crippen molar-refractivity contribution in [1.82, 2.24) is 10.8 Å². The summed E-state index contributed by atoms with van der Waals surface area (Å²) in [6, 6.07) is -1.56. The molecule has 0 aromatic heterocycles. The molecule has 19 atom stereocenters. The minimum atomic E-state index is -1.92. The first-order valence-corrected chi connectivity index (χ1v) is 15.1. The number of hydroxylamine groups is 1. The van der Waals surface area contributed by atoms with Gasteiger partial charge in [0.2, 0.25) is 5.91 Å². The van der Waals surface area contributed by atoms with Crippen LogP contribution in [0, 0.1) is 0 Å². The molecule has 0 bridgehead atoms. The van der Waals surface area contributed by atoms with E-state index in [4.69, 9.17) is 38.0 Å². The molecule has 0 aromatic carbocycles. The summed E-state index contributed by atoms with van der Waals surface area (Å²) in [5.41, 5.74) is 2.10. The van der Waals surface area contributed by atoms with Crippen LogP contribution in [0.4, 0.5) is 0 Å². The van der Waals surface area contributed by atoms with E-state index in [1.807, 2.05) is 0 Å². The Morgan fingerprint density at radius 1 is 0.625 bits per heavy atom. The molecular weight excluding hydrogens is 660 g/mol. The highest BCUT2D eigenvalue weighted by molar-refractivity contribution is 5.73. The number of hydrogen-bond acceptors (Lipinski definition) is 21. The van der Waals surface area contributed by atoms with E-state index < -0.39 is 142 Å². The molecule has 0 aliphatic carbocycles. The highest BCUT2D eigenvalue weighted by Gasteiger charge is 2.55. The summed E-state index contributed by atoms with van der Waals surface area (Å²) in [4.78, 5) is 17.3. The summed E-state index contributed by atoms with van der Waals surface area (Å²) in [5, 5.41) is 117. The van der Waals surface area contributed by atoms with Crippen molar-refractivity contribution in [2.45, 2.75) is 124 Å². The predicted octanol–water partition coefficient (Wildman–Crippen LogP) is -8.81. The van der Waals surface area contributed by atoms with E-state index in [2.05, 4.69) is 10.8 Å². The maximum Gasteiger partial charge on any atom is 0.217 e. The lowest BCUT2D eigenvalue weighted by Gasteiger charge is -2.49. The number of ether oxygens (including phenoxy) is 7. The quantitative estimate of drug-likeness (QED) is 0.0896. The number of nitrogens with one attached hydrogen (secondary N) is 2. The molecule has 0 aromatic rings. The minimum Gasteiger partial charge on any atom is -0.394 e. The molecule has 4 aliphatic rings. The molecule has 280 valence electrons. The maximum atomic E-state index is 12.2. The van der Waals surface area contributed by atoms with Crippen molar-refractivity contribution in [3.63, 3.8) is 0 Å². The number of rotatable bonds is 12. The Kier molecular flexibility index (Phi) is 14.2. The van der Waals surface area contributed by atoms with Gasteiger partial charge < -0.3 is 94.6 Å². The Balaban J connectivity index is 1.57. The van der Waals surface area contributed by atoms with Crippen molar-refractivity contribution in [3.05, 3.63) is 0 Å². The van der Waals surface area contributed by atoms with Gasteiger partial charge in [0, 0.05) is 14.0 Å². The van der Waals surface area contributed by atoms with Gasteiger partial charge >= 0.3 is 0 Å². The third kappa shape index (κ3) is 8.41. The summed E-state index contributed by atoms with van der Waals surface area (Å²) in [6.45, 7) is -1.55. The molecule has 22 heteroatoms. The number of carbonyl (C=O) groups is 1. The summed E-state index contributed by atoms with van der Waals surface area (Å²) >= 11 is 0. The largest absolute Gasteiger partial charge is 0.394 e. The number of hydrogen-bond donors (Lipinski definition) is 13. The highest BCUT2D eigenvalue weighted by Crippen LogP contribution is 2.34. The molecule has 1 amide bonds. The SMILES string of the molecule is COCC1OC(OC2C(CO)ONC(O)C2O)C(O)C(OC2OC(CO)C(OC3OC(CO)C(O)C(O)C3O)C(O)C2NC(C)=O)C1O. The summed E-state index contributed by atoms with van der Waals surface area (Å²) in [5.74, 6) is -0.717. The third-order valence-electron chi connectivity index (χ3n) is 8.46. The second-order valence-electron chi connectivity index (χ2n) is 11.8.